The molecule has 1 saturated heterocycles. The van der Waals surface area contributed by atoms with Crippen LogP contribution < -0.4 is 25.6 Å². The van der Waals surface area contributed by atoms with E-state index in [1.54, 1.807) is 30.3 Å². The quantitative estimate of drug-likeness (QED) is 0.304. The number of hydrogen-bond acceptors (Lipinski definition) is 8. The fraction of sp³-hybridized carbons (Fsp3) is 0.400. The van der Waals surface area contributed by atoms with E-state index in [0.717, 1.165) is 57.1 Å². The molecule has 0 aromatic heterocycles. The van der Waals surface area contributed by atoms with Crippen LogP contribution in [0.15, 0.2) is 64.5 Å². The van der Waals surface area contributed by atoms with Gasteiger partial charge in [0.25, 0.3) is 5.91 Å². The first-order valence-electron chi connectivity index (χ1n) is 12.3. The normalized spacial score (nSPS) is 18.8. The molecule has 0 bridgehead atoms. The monoisotopic (exact) mass is 528 g/mol. The van der Waals surface area contributed by atoms with E-state index in [-0.39, 0.29) is 10.9 Å². The van der Waals surface area contributed by atoms with Crippen molar-refractivity contribution >= 4 is 33.5 Å². The molecule has 2 aliphatic rings. The summed E-state index contributed by atoms with van der Waals surface area (Å²) >= 11 is 0. The second kappa shape index (κ2) is 12.1. The van der Waals surface area contributed by atoms with Gasteiger partial charge in [-0.15, -0.1) is 0 Å². The van der Waals surface area contributed by atoms with Crippen LogP contribution >= 0.6 is 0 Å². The first-order chi connectivity index (χ1) is 17.8. The standard InChI is InChI=1S/C25H32N6O5S/c32-23(33)16-22(30-37(35,36)21-7-2-1-3-8-21)29-24(34)18-9-11-20(12-10-18)31-15-4-6-19(17-31)28-25-26-13-5-14-27-25/h1-3,7-12,19,22,30H,4-6,13-17H2,(H,29,34)(H,32,33)(H2,26,27,28). The summed E-state index contributed by atoms with van der Waals surface area (Å²) in [6, 6.07) is 14.8. The Balaban J connectivity index is 1.38. The molecule has 11 nitrogen and oxygen atoms in total. The Bertz CT molecular complexity index is 1220. The van der Waals surface area contributed by atoms with Gasteiger partial charge < -0.3 is 26.0 Å². The minimum atomic E-state index is -4.02. The molecule has 0 radical (unpaired) electrons. The lowest BCUT2D eigenvalue weighted by molar-refractivity contribution is -0.137. The van der Waals surface area contributed by atoms with E-state index in [4.69, 9.17) is 0 Å². The Kier molecular flexibility index (Phi) is 8.62. The van der Waals surface area contributed by atoms with Gasteiger partial charge in [-0.3, -0.25) is 14.6 Å². The topological polar surface area (TPSA) is 152 Å². The molecule has 198 valence electrons. The molecule has 1 fully saturated rings. The number of nitrogens with one attached hydrogen (secondary N) is 4. The highest BCUT2D eigenvalue weighted by Crippen LogP contribution is 2.21. The summed E-state index contributed by atoms with van der Waals surface area (Å²) in [4.78, 5) is 30.9. The average Bonchev–Trinajstić information content (AvgIpc) is 2.89. The first-order valence-corrected chi connectivity index (χ1v) is 13.8. The van der Waals surface area contributed by atoms with Crippen molar-refractivity contribution in [1.29, 1.82) is 0 Å². The number of rotatable bonds is 9. The second-order valence-corrected chi connectivity index (χ2v) is 10.8. The number of carbonyl (C=O) groups excluding carboxylic acids is 1. The summed E-state index contributed by atoms with van der Waals surface area (Å²) in [6.45, 7) is 3.45. The molecule has 5 N–H and O–H groups in total. The van der Waals surface area contributed by atoms with Crippen LogP contribution in [0.3, 0.4) is 0 Å². The molecule has 2 unspecified atom stereocenters. The Morgan fingerprint density at radius 3 is 2.54 bits per heavy atom. The van der Waals surface area contributed by atoms with Gasteiger partial charge in [0.15, 0.2) is 5.96 Å². The SMILES string of the molecule is O=C(O)CC(NC(=O)c1ccc(N2CCCC(NC3=NCCCN3)C2)cc1)NS(=O)(=O)c1ccccc1. The summed E-state index contributed by atoms with van der Waals surface area (Å²) < 4.78 is 27.5. The van der Waals surface area contributed by atoms with Crippen LogP contribution in [0.2, 0.25) is 0 Å². The number of amides is 1. The maximum Gasteiger partial charge on any atom is 0.306 e. The minimum absolute atomic E-state index is 0.0235. The van der Waals surface area contributed by atoms with Crippen molar-refractivity contribution < 1.29 is 23.1 Å². The lowest BCUT2D eigenvalue weighted by Gasteiger charge is -2.35. The zero-order valence-electron chi connectivity index (χ0n) is 20.4. The van der Waals surface area contributed by atoms with Gasteiger partial charge in [0, 0.05) is 43.5 Å². The Labute approximate surface area is 216 Å². The molecule has 1 amide bonds. The maximum absolute atomic E-state index is 12.8. The van der Waals surface area contributed by atoms with Crippen LogP contribution in [0.5, 0.6) is 0 Å². The number of aliphatic imine (C=N–C) groups is 1. The highest BCUT2D eigenvalue weighted by atomic mass is 32.2. The van der Waals surface area contributed by atoms with Crippen molar-refractivity contribution in [2.24, 2.45) is 4.99 Å². The molecule has 2 heterocycles. The highest BCUT2D eigenvalue weighted by Gasteiger charge is 2.25. The third-order valence-electron chi connectivity index (χ3n) is 6.19. The van der Waals surface area contributed by atoms with Gasteiger partial charge in [-0.05, 0) is 55.7 Å². The van der Waals surface area contributed by atoms with Crippen molar-refractivity contribution in [3.05, 3.63) is 60.2 Å². The molecule has 0 spiro atoms. The van der Waals surface area contributed by atoms with E-state index in [2.05, 4.69) is 30.6 Å². The Morgan fingerprint density at radius 1 is 1.11 bits per heavy atom. The molecular formula is C25H32N6O5S. The lowest BCUT2D eigenvalue weighted by Crippen LogP contribution is -2.52. The van der Waals surface area contributed by atoms with Crippen LogP contribution in [0.25, 0.3) is 0 Å². The average molecular weight is 529 g/mol. The molecule has 2 atom stereocenters. The largest absolute Gasteiger partial charge is 0.481 e. The van der Waals surface area contributed by atoms with E-state index >= 15 is 0 Å². The number of nitrogens with zero attached hydrogens (tertiary/aromatic N) is 2. The van der Waals surface area contributed by atoms with Crippen molar-refractivity contribution in [3.63, 3.8) is 0 Å². The fourth-order valence-electron chi connectivity index (χ4n) is 4.37. The Morgan fingerprint density at radius 2 is 1.86 bits per heavy atom. The molecule has 12 heteroatoms. The van der Waals surface area contributed by atoms with Crippen molar-refractivity contribution in [3.8, 4) is 0 Å². The van der Waals surface area contributed by atoms with E-state index < -0.39 is 34.5 Å². The molecular weight excluding hydrogens is 496 g/mol. The maximum atomic E-state index is 12.8. The molecule has 2 aliphatic heterocycles. The number of sulfonamides is 1. The van der Waals surface area contributed by atoms with Crippen LogP contribution in [0.1, 0.15) is 36.0 Å². The van der Waals surface area contributed by atoms with Gasteiger partial charge in [0.05, 0.1) is 11.3 Å². The molecule has 2 aromatic carbocycles. The van der Waals surface area contributed by atoms with Crippen molar-refractivity contribution in [2.75, 3.05) is 31.1 Å². The molecule has 0 saturated carbocycles. The van der Waals surface area contributed by atoms with Crippen molar-refractivity contribution in [2.45, 2.75) is 42.8 Å². The predicted molar refractivity (Wildman–Crippen MR) is 140 cm³/mol. The van der Waals surface area contributed by atoms with Gasteiger partial charge >= 0.3 is 5.97 Å². The zero-order chi connectivity index (χ0) is 26.3. The molecule has 37 heavy (non-hydrogen) atoms. The van der Waals surface area contributed by atoms with Crippen LogP contribution in [0, 0.1) is 0 Å². The van der Waals surface area contributed by atoms with Gasteiger partial charge in [0.1, 0.15) is 6.17 Å². The summed E-state index contributed by atoms with van der Waals surface area (Å²) in [5.41, 5.74) is 1.26. The molecule has 0 aliphatic carbocycles. The van der Waals surface area contributed by atoms with E-state index in [1.807, 2.05) is 12.1 Å². The molecule has 2 aromatic rings. The first kappa shape index (κ1) is 26.4. The van der Waals surface area contributed by atoms with Crippen molar-refractivity contribution in [1.82, 2.24) is 20.7 Å². The highest BCUT2D eigenvalue weighted by molar-refractivity contribution is 7.89. The fourth-order valence-corrected chi connectivity index (χ4v) is 5.54. The number of aliphatic carboxylic acids is 1. The van der Waals surface area contributed by atoms with Gasteiger partial charge in [-0.25, -0.2) is 8.42 Å². The summed E-state index contributed by atoms with van der Waals surface area (Å²) in [6.07, 6.45) is 1.17. The molecule has 4 rings (SSSR count). The lowest BCUT2D eigenvalue weighted by atomic mass is 10.0. The van der Waals surface area contributed by atoms with Crippen LogP contribution in [0.4, 0.5) is 5.69 Å². The third-order valence-corrected chi connectivity index (χ3v) is 7.68. The number of carboxylic acid groups (broad SMARTS) is 1. The van der Waals surface area contributed by atoms with E-state index in [1.165, 1.54) is 12.1 Å². The van der Waals surface area contributed by atoms with Crippen LogP contribution in [-0.2, 0) is 14.8 Å². The smallest absolute Gasteiger partial charge is 0.306 e. The number of anilines is 1. The summed E-state index contributed by atoms with van der Waals surface area (Å²) in [5, 5.41) is 18.5. The number of guanidine groups is 1. The zero-order valence-corrected chi connectivity index (χ0v) is 21.2. The van der Waals surface area contributed by atoms with E-state index in [9.17, 15) is 23.1 Å². The van der Waals surface area contributed by atoms with Gasteiger partial charge in [0.2, 0.25) is 10.0 Å². The summed E-state index contributed by atoms with van der Waals surface area (Å²) in [5.74, 6) is -0.976. The predicted octanol–water partition coefficient (Wildman–Crippen LogP) is 1.10. The summed E-state index contributed by atoms with van der Waals surface area (Å²) in [7, 11) is -4.02. The van der Waals surface area contributed by atoms with Gasteiger partial charge in [-0.1, -0.05) is 18.2 Å². The minimum Gasteiger partial charge on any atom is -0.481 e. The van der Waals surface area contributed by atoms with E-state index in [0.29, 0.717) is 5.56 Å². The number of piperidine rings is 1. The number of benzene rings is 2. The second-order valence-electron chi connectivity index (χ2n) is 9.05. The number of carboxylic acids is 1. The Hall–Kier alpha value is -3.64. The third kappa shape index (κ3) is 7.43. The number of hydrogen-bond donors (Lipinski definition) is 5. The van der Waals surface area contributed by atoms with Gasteiger partial charge in [-0.2, -0.15) is 4.72 Å². The van der Waals surface area contributed by atoms with Crippen LogP contribution in [-0.4, -0.2) is 69.7 Å². The number of carbonyl (C=O) groups is 2.